The lowest BCUT2D eigenvalue weighted by Crippen LogP contribution is -2.40. The molecule has 1 aliphatic carbocycles. The molecule has 3 nitrogen and oxygen atoms in total. The minimum absolute atomic E-state index is 0.655. The fourth-order valence-electron chi connectivity index (χ4n) is 3.00. The summed E-state index contributed by atoms with van der Waals surface area (Å²) in [6, 6.07) is 9.73. The molecule has 0 spiro atoms. The van der Waals surface area contributed by atoms with Crippen molar-refractivity contribution in [1.82, 2.24) is 5.32 Å². The van der Waals surface area contributed by atoms with Gasteiger partial charge in [0.05, 0.1) is 7.11 Å². The lowest BCUT2D eigenvalue weighted by atomic mass is 9.90. The summed E-state index contributed by atoms with van der Waals surface area (Å²) < 4.78 is 5.30. The van der Waals surface area contributed by atoms with E-state index in [0.717, 1.165) is 18.3 Å². The summed E-state index contributed by atoms with van der Waals surface area (Å²) in [5.74, 6) is 0.936. The zero-order chi connectivity index (χ0) is 13.7. The fourth-order valence-corrected chi connectivity index (χ4v) is 3.00. The highest BCUT2D eigenvalue weighted by atomic mass is 16.5. The highest BCUT2D eigenvalue weighted by molar-refractivity contribution is 5.51. The molecule has 1 aliphatic rings. The van der Waals surface area contributed by atoms with E-state index >= 15 is 0 Å². The van der Waals surface area contributed by atoms with Crippen molar-refractivity contribution in [3.63, 3.8) is 0 Å². The number of anilines is 1. The van der Waals surface area contributed by atoms with E-state index in [0.29, 0.717) is 6.04 Å². The van der Waals surface area contributed by atoms with E-state index in [9.17, 15) is 0 Å². The molecular weight excluding hydrogens is 236 g/mol. The Kier molecular flexibility index (Phi) is 5.08. The second-order valence-corrected chi connectivity index (χ2v) is 5.38. The van der Waals surface area contributed by atoms with Gasteiger partial charge in [0.15, 0.2) is 0 Å². The third kappa shape index (κ3) is 3.63. The van der Waals surface area contributed by atoms with Gasteiger partial charge in [0.25, 0.3) is 0 Å². The quantitative estimate of drug-likeness (QED) is 0.882. The van der Waals surface area contributed by atoms with E-state index in [4.69, 9.17) is 4.74 Å². The molecule has 0 heterocycles. The number of ether oxygens (including phenoxy) is 1. The van der Waals surface area contributed by atoms with Crippen molar-refractivity contribution in [3.8, 4) is 5.75 Å². The van der Waals surface area contributed by atoms with Gasteiger partial charge < -0.3 is 15.0 Å². The number of nitrogens with zero attached hydrogens (tertiary/aromatic N) is 1. The fraction of sp³-hybridized carbons (Fsp3) is 0.625. The van der Waals surface area contributed by atoms with Crippen LogP contribution >= 0.6 is 0 Å². The Hall–Kier alpha value is -1.22. The van der Waals surface area contributed by atoms with Gasteiger partial charge in [-0.15, -0.1) is 0 Å². The predicted molar refractivity (Wildman–Crippen MR) is 81.1 cm³/mol. The third-order valence-electron chi connectivity index (χ3n) is 4.20. The Labute approximate surface area is 116 Å². The number of nitrogens with one attached hydrogen (secondary N) is 1. The van der Waals surface area contributed by atoms with Crippen molar-refractivity contribution >= 4 is 5.69 Å². The maximum atomic E-state index is 5.30. The molecule has 0 aromatic heterocycles. The minimum Gasteiger partial charge on any atom is -0.497 e. The molecule has 1 N–H and O–H groups in total. The summed E-state index contributed by atoms with van der Waals surface area (Å²) in [6.07, 6.45) is 5.11. The lowest BCUT2D eigenvalue weighted by molar-refractivity contribution is 0.341. The summed E-state index contributed by atoms with van der Waals surface area (Å²) in [7, 11) is 3.92. The van der Waals surface area contributed by atoms with Crippen LogP contribution in [0.5, 0.6) is 5.75 Å². The molecule has 106 valence electrons. The van der Waals surface area contributed by atoms with Gasteiger partial charge in [0.1, 0.15) is 5.75 Å². The van der Waals surface area contributed by atoms with Crippen molar-refractivity contribution < 1.29 is 4.74 Å². The first kappa shape index (κ1) is 14.2. The number of benzene rings is 1. The van der Waals surface area contributed by atoms with Crippen LogP contribution in [-0.2, 0) is 0 Å². The Balaban J connectivity index is 1.94. The number of rotatable bonds is 5. The highest BCUT2D eigenvalue weighted by Crippen LogP contribution is 2.28. The second-order valence-electron chi connectivity index (χ2n) is 5.38. The van der Waals surface area contributed by atoms with Crippen LogP contribution < -0.4 is 15.0 Å². The summed E-state index contributed by atoms with van der Waals surface area (Å²) in [5, 5.41) is 3.56. The average molecular weight is 262 g/mol. The molecule has 0 saturated heterocycles. The first-order chi connectivity index (χ1) is 9.24. The maximum Gasteiger partial charge on any atom is 0.120 e. The van der Waals surface area contributed by atoms with Crippen molar-refractivity contribution in [2.24, 2.45) is 0 Å². The lowest BCUT2D eigenvalue weighted by Gasteiger charge is -2.36. The van der Waals surface area contributed by atoms with E-state index < -0.39 is 0 Å². The van der Waals surface area contributed by atoms with E-state index in [1.807, 2.05) is 6.07 Å². The normalized spacial score (nSPS) is 23.1. The molecule has 0 radical (unpaired) electrons. The molecule has 3 heteroatoms. The van der Waals surface area contributed by atoms with Gasteiger partial charge in [-0.2, -0.15) is 0 Å². The predicted octanol–water partition coefficient (Wildman–Crippen LogP) is 3.05. The Bertz CT molecular complexity index is 386. The SMILES string of the molecule is CCNC1CCC(N(C)c2cccc(OC)c2)CC1. The van der Waals surface area contributed by atoms with E-state index in [1.54, 1.807) is 7.11 Å². The molecule has 0 aliphatic heterocycles. The smallest absolute Gasteiger partial charge is 0.120 e. The van der Waals surface area contributed by atoms with E-state index in [1.165, 1.54) is 31.4 Å². The summed E-state index contributed by atoms with van der Waals surface area (Å²) in [6.45, 7) is 3.27. The van der Waals surface area contributed by atoms with Crippen LogP contribution in [0, 0.1) is 0 Å². The zero-order valence-electron chi connectivity index (χ0n) is 12.4. The van der Waals surface area contributed by atoms with Gasteiger partial charge in [0.2, 0.25) is 0 Å². The van der Waals surface area contributed by atoms with Gasteiger partial charge in [-0.3, -0.25) is 0 Å². The number of hydrogen-bond donors (Lipinski definition) is 1. The molecule has 0 atom stereocenters. The van der Waals surface area contributed by atoms with Crippen LogP contribution in [0.15, 0.2) is 24.3 Å². The Morgan fingerprint density at radius 2 is 2.00 bits per heavy atom. The van der Waals surface area contributed by atoms with Crippen molar-refractivity contribution in [2.75, 3.05) is 25.6 Å². The highest BCUT2D eigenvalue weighted by Gasteiger charge is 2.23. The monoisotopic (exact) mass is 262 g/mol. The first-order valence-corrected chi connectivity index (χ1v) is 7.35. The van der Waals surface area contributed by atoms with Crippen molar-refractivity contribution in [3.05, 3.63) is 24.3 Å². The Morgan fingerprint density at radius 3 is 2.63 bits per heavy atom. The topological polar surface area (TPSA) is 24.5 Å². The van der Waals surface area contributed by atoms with Crippen LogP contribution in [0.1, 0.15) is 32.6 Å². The van der Waals surface area contributed by atoms with Crippen LogP contribution in [0.3, 0.4) is 0 Å². The van der Waals surface area contributed by atoms with Crippen LogP contribution in [0.2, 0.25) is 0 Å². The average Bonchev–Trinajstić information content (AvgIpc) is 2.48. The van der Waals surface area contributed by atoms with Crippen LogP contribution in [0.4, 0.5) is 5.69 Å². The van der Waals surface area contributed by atoms with Gasteiger partial charge in [-0.25, -0.2) is 0 Å². The van der Waals surface area contributed by atoms with Crippen LogP contribution in [-0.4, -0.2) is 32.8 Å². The molecule has 1 fully saturated rings. The molecule has 0 amide bonds. The number of methoxy groups -OCH3 is 1. The van der Waals surface area contributed by atoms with Gasteiger partial charge >= 0.3 is 0 Å². The van der Waals surface area contributed by atoms with Crippen LogP contribution in [0.25, 0.3) is 0 Å². The van der Waals surface area contributed by atoms with Crippen molar-refractivity contribution in [1.29, 1.82) is 0 Å². The standard InChI is InChI=1S/C16H26N2O/c1-4-17-13-8-10-14(11-9-13)18(2)15-6-5-7-16(12-15)19-3/h5-7,12-14,17H,4,8-11H2,1-3H3. The molecule has 1 aromatic rings. The molecule has 0 unspecified atom stereocenters. The van der Waals surface area contributed by atoms with Crippen molar-refractivity contribution in [2.45, 2.75) is 44.7 Å². The summed E-state index contributed by atoms with van der Waals surface area (Å²) in [5.41, 5.74) is 1.26. The first-order valence-electron chi connectivity index (χ1n) is 7.35. The molecule has 1 aromatic carbocycles. The number of hydrogen-bond acceptors (Lipinski definition) is 3. The van der Waals surface area contributed by atoms with Gasteiger partial charge in [0, 0.05) is 30.9 Å². The second kappa shape index (κ2) is 6.80. The van der Waals surface area contributed by atoms with E-state index in [-0.39, 0.29) is 0 Å². The molecular formula is C16H26N2O. The summed E-state index contributed by atoms with van der Waals surface area (Å²) in [4.78, 5) is 2.41. The van der Waals surface area contributed by atoms with Gasteiger partial charge in [-0.1, -0.05) is 13.0 Å². The Morgan fingerprint density at radius 1 is 1.26 bits per heavy atom. The minimum atomic E-state index is 0.655. The molecule has 1 saturated carbocycles. The van der Waals surface area contributed by atoms with E-state index in [2.05, 4.69) is 42.4 Å². The maximum absolute atomic E-state index is 5.30. The summed E-state index contributed by atoms with van der Waals surface area (Å²) >= 11 is 0. The third-order valence-corrected chi connectivity index (χ3v) is 4.20. The largest absolute Gasteiger partial charge is 0.497 e. The molecule has 19 heavy (non-hydrogen) atoms. The zero-order valence-corrected chi connectivity index (χ0v) is 12.4. The molecule has 2 rings (SSSR count). The van der Waals surface area contributed by atoms with Gasteiger partial charge in [-0.05, 0) is 44.4 Å². The molecule has 0 bridgehead atoms.